The summed E-state index contributed by atoms with van der Waals surface area (Å²) < 4.78 is 32.9. The van der Waals surface area contributed by atoms with Crippen molar-refractivity contribution >= 4 is 39.1 Å². The molecule has 0 saturated heterocycles. The Morgan fingerprint density at radius 1 is 1.14 bits per heavy atom. The van der Waals surface area contributed by atoms with Crippen molar-refractivity contribution < 1.29 is 27.9 Å². The molecule has 1 amide bonds. The molecule has 198 valence electrons. The highest BCUT2D eigenvalue weighted by molar-refractivity contribution is 7.17. The maximum Gasteiger partial charge on any atom is 0.490 e. The Morgan fingerprint density at radius 2 is 1.76 bits per heavy atom. The predicted octanol–water partition coefficient (Wildman–Crippen LogP) is 5.84. The van der Waals surface area contributed by atoms with Gasteiger partial charge >= 0.3 is 12.1 Å². The third kappa shape index (κ3) is 7.79. The lowest BCUT2D eigenvalue weighted by atomic mass is 9.86. The van der Waals surface area contributed by atoms with Crippen molar-refractivity contribution in [3.05, 3.63) is 70.6 Å². The van der Waals surface area contributed by atoms with E-state index in [-0.39, 0.29) is 23.7 Å². The van der Waals surface area contributed by atoms with Gasteiger partial charge < -0.3 is 16.2 Å². The number of hydrogen-bond acceptors (Lipinski definition) is 4. The van der Waals surface area contributed by atoms with Crippen LogP contribution in [0.3, 0.4) is 0 Å². The molecule has 0 radical (unpaired) electrons. The number of halogens is 3. The zero-order valence-corrected chi connectivity index (χ0v) is 21.2. The van der Waals surface area contributed by atoms with Crippen LogP contribution in [0.15, 0.2) is 53.9 Å². The van der Waals surface area contributed by atoms with Gasteiger partial charge in [0.1, 0.15) is 5.84 Å². The number of alkyl halides is 3. The summed E-state index contributed by atoms with van der Waals surface area (Å²) in [4.78, 5) is 22.4. The fraction of sp³-hybridized carbons (Fsp3) is 0.370. The second-order valence-electron chi connectivity index (χ2n) is 9.33. The number of thiophene rings is 1. The molecule has 3 aromatic rings. The number of amidine groups is 1. The van der Waals surface area contributed by atoms with Crippen molar-refractivity contribution in [2.75, 3.05) is 0 Å². The number of carbonyl (C=O) groups excluding carboxylic acids is 1. The first-order valence-electron chi connectivity index (χ1n) is 12.0. The number of nitrogens with two attached hydrogens (primary N) is 1. The fourth-order valence-corrected chi connectivity index (χ4v) is 5.38. The largest absolute Gasteiger partial charge is 0.490 e. The van der Waals surface area contributed by atoms with Gasteiger partial charge in [0.2, 0.25) is 5.91 Å². The zero-order chi connectivity index (χ0) is 27.2. The zero-order valence-electron chi connectivity index (χ0n) is 20.3. The Balaban J connectivity index is 0.000000479. The van der Waals surface area contributed by atoms with Gasteiger partial charge in [-0.25, -0.2) is 4.79 Å². The molecule has 0 aliphatic heterocycles. The molecule has 1 heterocycles. The van der Waals surface area contributed by atoms with Gasteiger partial charge in [-0.05, 0) is 78.1 Å². The summed E-state index contributed by atoms with van der Waals surface area (Å²) in [5, 5.41) is 21.4. The minimum atomic E-state index is -5.08. The number of carboxylic acids is 1. The first-order valence-corrected chi connectivity index (χ1v) is 12.8. The lowest BCUT2D eigenvalue weighted by Gasteiger charge is -2.28. The summed E-state index contributed by atoms with van der Waals surface area (Å²) in [7, 11) is 0. The van der Waals surface area contributed by atoms with Crippen LogP contribution in [-0.4, -0.2) is 35.0 Å². The van der Waals surface area contributed by atoms with E-state index in [1.54, 1.807) is 11.3 Å². The molecule has 1 saturated carbocycles. The predicted molar refractivity (Wildman–Crippen MR) is 139 cm³/mol. The van der Waals surface area contributed by atoms with Crippen LogP contribution in [0.25, 0.3) is 10.1 Å². The molecule has 1 fully saturated rings. The van der Waals surface area contributed by atoms with Gasteiger partial charge in [-0.1, -0.05) is 37.3 Å². The van der Waals surface area contributed by atoms with Gasteiger partial charge in [-0.15, -0.1) is 11.3 Å². The molecule has 2 aromatic carbocycles. The van der Waals surface area contributed by atoms with E-state index in [1.165, 1.54) is 12.8 Å². The number of carboxylic acid groups (broad SMARTS) is 1. The van der Waals surface area contributed by atoms with Crippen molar-refractivity contribution in [1.82, 2.24) is 5.32 Å². The fourth-order valence-electron chi connectivity index (χ4n) is 4.39. The van der Waals surface area contributed by atoms with Gasteiger partial charge in [-0.2, -0.15) is 13.2 Å². The summed E-state index contributed by atoms with van der Waals surface area (Å²) in [6.07, 6.45) is 0.0505. The maximum atomic E-state index is 13.5. The molecule has 0 bridgehead atoms. The quantitative estimate of drug-likeness (QED) is 0.235. The highest BCUT2D eigenvalue weighted by Crippen LogP contribution is 2.35. The number of nitrogens with one attached hydrogen (secondary N) is 2. The van der Waals surface area contributed by atoms with E-state index in [2.05, 4.69) is 29.8 Å². The summed E-state index contributed by atoms with van der Waals surface area (Å²) in [5.41, 5.74) is 8.60. The van der Waals surface area contributed by atoms with E-state index >= 15 is 0 Å². The van der Waals surface area contributed by atoms with E-state index in [1.807, 2.05) is 36.4 Å². The molecular weight excluding hydrogens is 503 g/mol. The number of carbonyl (C=O) groups is 2. The van der Waals surface area contributed by atoms with Gasteiger partial charge in [0.25, 0.3) is 0 Å². The number of benzene rings is 2. The molecule has 1 aliphatic carbocycles. The van der Waals surface area contributed by atoms with Gasteiger partial charge in [0.15, 0.2) is 0 Å². The lowest BCUT2D eigenvalue weighted by Crippen LogP contribution is -2.40. The lowest BCUT2D eigenvalue weighted by molar-refractivity contribution is -0.192. The summed E-state index contributed by atoms with van der Waals surface area (Å²) in [6.45, 7) is 2.29. The molecular formula is C27H30F3N3O3S. The number of aliphatic carboxylic acids is 1. The van der Waals surface area contributed by atoms with Gasteiger partial charge in [-0.3, -0.25) is 10.2 Å². The van der Waals surface area contributed by atoms with Crippen LogP contribution in [0, 0.1) is 11.3 Å². The highest BCUT2D eigenvalue weighted by atomic mass is 32.1. The number of amides is 1. The molecule has 0 spiro atoms. The molecule has 10 heteroatoms. The van der Waals surface area contributed by atoms with Crippen LogP contribution in [0.1, 0.15) is 55.2 Å². The monoisotopic (exact) mass is 533 g/mol. The first kappa shape index (κ1) is 28.2. The van der Waals surface area contributed by atoms with Crippen LogP contribution in [0.2, 0.25) is 0 Å². The Hall–Kier alpha value is -3.40. The number of nitrogen functional groups attached to an aromatic ring is 1. The molecule has 37 heavy (non-hydrogen) atoms. The summed E-state index contributed by atoms with van der Waals surface area (Å²) >= 11 is 1.65. The van der Waals surface area contributed by atoms with Crippen LogP contribution in [-0.2, 0) is 16.0 Å². The highest BCUT2D eigenvalue weighted by Gasteiger charge is 2.38. The summed E-state index contributed by atoms with van der Waals surface area (Å²) in [5.74, 6) is -2.11. The van der Waals surface area contributed by atoms with Crippen LogP contribution < -0.4 is 11.1 Å². The first-order chi connectivity index (χ1) is 17.5. The minimum Gasteiger partial charge on any atom is -0.475 e. The molecule has 1 aliphatic rings. The van der Waals surface area contributed by atoms with Crippen molar-refractivity contribution in [3.63, 3.8) is 0 Å². The minimum absolute atomic E-state index is 0.0504. The standard InChI is InChI=1S/C25H29N3OS.C2HF3O2/c1-16-7-10-19(11-8-16)28-25(29)21(13-17-5-3-2-4-6-17)22-15-30-23-12-9-18(24(26)27)14-20(22)23;3-2(4,5)1(6)7/h2-6,9,12,14-16,19,21H,7-8,10-11,13H2,1H3,(H3,26,27)(H,28,29);(H,6,7). The topological polar surface area (TPSA) is 116 Å². The third-order valence-electron chi connectivity index (χ3n) is 6.49. The van der Waals surface area contributed by atoms with E-state index in [0.717, 1.165) is 40.0 Å². The van der Waals surface area contributed by atoms with E-state index in [0.29, 0.717) is 12.0 Å². The Bertz CT molecular complexity index is 1240. The third-order valence-corrected chi connectivity index (χ3v) is 7.48. The second kappa shape index (κ2) is 12.2. The van der Waals surface area contributed by atoms with Crippen molar-refractivity contribution in [1.29, 1.82) is 5.41 Å². The van der Waals surface area contributed by atoms with Crippen LogP contribution in [0.4, 0.5) is 13.2 Å². The smallest absolute Gasteiger partial charge is 0.475 e. The molecule has 1 aromatic heterocycles. The van der Waals surface area contributed by atoms with E-state index in [4.69, 9.17) is 21.0 Å². The second-order valence-corrected chi connectivity index (χ2v) is 10.2. The molecule has 6 nitrogen and oxygen atoms in total. The van der Waals surface area contributed by atoms with E-state index in [9.17, 15) is 18.0 Å². The van der Waals surface area contributed by atoms with Crippen molar-refractivity contribution in [2.24, 2.45) is 11.7 Å². The molecule has 4 rings (SSSR count). The Morgan fingerprint density at radius 3 is 2.32 bits per heavy atom. The van der Waals surface area contributed by atoms with E-state index < -0.39 is 12.1 Å². The maximum absolute atomic E-state index is 13.5. The molecule has 1 unspecified atom stereocenters. The van der Waals surface area contributed by atoms with Crippen LogP contribution in [0.5, 0.6) is 0 Å². The SMILES string of the molecule is CC1CCC(NC(=O)C(Cc2ccccc2)c2csc3ccc(C(=N)N)cc23)CC1.O=C(O)C(F)(F)F. The van der Waals surface area contributed by atoms with Crippen molar-refractivity contribution in [2.45, 2.75) is 57.2 Å². The average Bonchev–Trinajstić information content (AvgIpc) is 3.27. The number of rotatable bonds is 6. The van der Waals surface area contributed by atoms with Crippen LogP contribution >= 0.6 is 11.3 Å². The van der Waals surface area contributed by atoms with Crippen molar-refractivity contribution in [3.8, 4) is 0 Å². The molecule has 5 N–H and O–H groups in total. The van der Waals surface area contributed by atoms with Gasteiger partial charge in [0, 0.05) is 16.3 Å². The summed E-state index contributed by atoms with van der Waals surface area (Å²) in [6, 6.07) is 16.3. The van der Waals surface area contributed by atoms with Gasteiger partial charge in [0.05, 0.1) is 5.92 Å². The number of fused-ring (bicyclic) bond motifs is 1. The number of hydrogen-bond donors (Lipinski definition) is 4. The normalized spacial score (nSPS) is 18.4. The average molecular weight is 534 g/mol. The molecule has 1 atom stereocenters. The Labute approximate surface area is 217 Å². The Kier molecular flexibility index (Phi) is 9.31.